The molecule has 0 spiro atoms. The van der Waals surface area contributed by atoms with Crippen molar-refractivity contribution in [3.8, 4) is 0 Å². The van der Waals surface area contributed by atoms with Gasteiger partial charge in [0.1, 0.15) is 0 Å². The lowest BCUT2D eigenvalue weighted by Gasteiger charge is -2.33. The van der Waals surface area contributed by atoms with Crippen molar-refractivity contribution in [2.45, 2.75) is 11.3 Å². The Morgan fingerprint density at radius 1 is 1.19 bits per heavy atom. The van der Waals surface area contributed by atoms with Crippen molar-refractivity contribution in [1.82, 2.24) is 19.4 Å². The number of aromatic nitrogens is 2. The smallest absolute Gasteiger partial charge is 0.413 e. The summed E-state index contributed by atoms with van der Waals surface area (Å²) in [4.78, 5) is 25.5. The molecule has 172 valence electrons. The van der Waals surface area contributed by atoms with Crippen LogP contribution in [0, 0.1) is 0 Å². The van der Waals surface area contributed by atoms with E-state index in [9.17, 15) is 18.0 Å². The Balaban J connectivity index is 1.45. The molecule has 1 aliphatic rings. The number of hydrogen-bond acceptors (Lipinski definition) is 9. The predicted octanol–water partition coefficient (Wildman–Crippen LogP) is 2.34. The Bertz CT molecular complexity index is 1050. The quantitative estimate of drug-likeness (QED) is 0.436. The van der Waals surface area contributed by atoms with Crippen molar-refractivity contribution in [3.63, 3.8) is 0 Å². The molecule has 1 saturated heterocycles. The Hall–Kier alpha value is -2.48. The third-order valence-corrected chi connectivity index (χ3v) is 7.91. The normalized spacial score (nSPS) is 15.1. The highest BCUT2D eigenvalue weighted by Gasteiger charge is 2.27. The van der Waals surface area contributed by atoms with Crippen LogP contribution in [-0.4, -0.2) is 78.4 Å². The third-order valence-electron chi connectivity index (χ3n) is 4.39. The lowest BCUT2D eigenvalue weighted by Crippen LogP contribution is -2.50. The Labute approximate surface area is 194 Å². The number of ether oxygens (including phenoxy) is 1. The molecule has 2 amide bonds. The molecule has 2 aromatic rings. The summed E-state index contributed by atoms with van der Waals surface area (Å²) < 4.78 is 31.8. The molecule has 10 nitrogen and oxygen atoms in total. The van der Waals surface area contributed by atoms with Gasteiger partial charge in [0.25, 0.3) is 0 Å². The zero-order valence-electron chi connectivity index (χ0n) is 17.3. The van der Waals surface area contributed by atoms with E-state index in [0.717, 1.165) is 16.9 Å². The maximum atomic E-state index is 12.5. The second kappa shape index (κ2) is 11.4. The fourth-order valence-electron chi connectivity index (χ4n) is 2.79. The van der Waals surface area contributed by atoms with Crippen LogP contribution in [0.4, 0.5) is 9.93 Å². The number of piperazine rings is 1. The maximum Gasteiger partial charge on any atom is 0.413 e. The number of nitrogens with one attached hydrogen (secondary N) is 1. The van der Waals surface area contributed by atoms with Gasteiger partial charge in [0, 0.05) is 31.6 Å². The zero-order valence-corrected chi connectivity index (χ0v) is 19.8. The van der Waals surface area contributed by atoms with E-state index in [-0.39, 0.29) is 31.4 Å². The van der Waals surface area contributed by atoms with Crippen LogP contribution in [-0.2, 0) is 19.6 Å². The summed E-state index contributed by atoms with van der Waals surface area (Å²) in [5.41, 5.74) is 0.805. The molecule has 0 radical (unpaired) electrons. The molecule has 0 aliphatic carbocycles. The van der Waals surface area contributed by atoms with Gasteiger partial charge in [0.05, 0.1) is 12.4 Å². The molecule has 13 heteroatoms. The van der Waals surface area contributed by atoms with Crippen LogP contribution < -0.4 is 5.32 Å². The van der Waals surface area contributed by atoms with Gasteiger partial charge in [-0.15, -0.1) is 10.2 Å². The molecule has 2 heterocycles. The minimum absolute atomic E-state index is 0.109. The van der Waals surface area contributed by atoms with E-state index in [0.29, 0.717) is 22.6 Å². The van der Waals surface area contributed by atoms with Crippen molar-refractivity contribution >= 4 is 56.3 Å². The van der Waals surface area contributed by atoms with Crippen LogP contribution in [0.25, 0.3) is 6.08 Å². The highest BCUT2D eigenvalue weighted by Crippen LogP contribution is 2.26. The van der Waals surface area contributed by atoms with Crippen LogP contribution in [0.1, 0.15) is 12.5 Å². The number of thioether (sulfide) groups is 1. The van der Waals surface area contributed by atoms with E-state index in [1.165, 1.54) is 21.5 Å². The lowest BCUT2D eigenvalue weighted by atomic mass is 10.2. The average Bonchev–Trinajstić information content (AvgIpc) is 3.24. The molecular formula is C19H23N5O5S3. The number of anilines is 1. The summed E-state index contributed by atoms with van der Waals surface area (Å²) in [5, 5.41) is 11.7. The largest absolute Gasteiger partial charge is 0.450 e. The second-order valence-corrected chi connectivity index (χ2v) is 10.6. The summed E-state index contributed by atoms with van der Waals surface area (Å²) in [6.07, 6.45) is 0.957. The Morgan fingerprint density at radius 3 is 2.59 bits per heavy atom. The first-order valence-electron chi connectivity index (χ1n) is 9.78. The van der Waals surface area contributed by atoms with Gasteiger partial charge in [-0.2, -0.15) is 4.31 Å². The monoisotopic (exact) mass is 497 g/mol. The van der Waals surface area contributed by atoms with Crippen molar-refractivity contribution in [2.24, 2.45) is 0 Å². The van der Waals surface area contributed by atoms with Crippen LogP contribution >= 0.6 is 23.1 Å². The van der Waals surface area contributed by atoms with Crippen molar-refractivity contribution in [3.05, 3.63) is 41.3 Å². The molecule has 0 saturated carbocycles. The number of carbonyl (C=O) groups excluding carboxylic acids is 2. The molecule has 0 unspecified atom stereocenters. The van der Waals surface area contributed by atoms with Gasteiger partial charge in [0.15, 0.2) is 4.34 Å². The number of amides is 2. The summed E-state index contributed by atoms with van der Waals surface area (Å²) in [6, 6.07) is 9.20. The van der Waals surface area contributed by atoms with Gasteiger partial charge in [-0.25, -0.2) is 13.2 Å². The van der Waals surface area contributed by atoms with Gasteiger partial charge >= 0.3 is 6.09 Å². The van der Waals surface area contributed by atoms with E-state index in [1.54, 1.807) is 17.9 Å². The van der Waals surface area contributed by atoms with Crippen molar-refractivity contribution < 1.29 is 22.7 Å². The van der Waals surface area contributed by atoms with Gasteiger partial charge in [-0.05, 0) is 18.6 Å². The molecule has 1 aliphatic heterocycles. The minimum Gasteiger partial charge on any atom is -0.450 e. The molecule has 0 bridgehead atoms. The van der Waals surface area contributed by atoms with E-state index in [4.69, 9.17) is 4.74 Å². The first-order valence-corrected chi connectivity index (χ1v) is 13.1. The van der Waals surface area contributed by atoms with Crippen LogP contribution in [0.2, 0.25) is 0 Å². The van der Waals surface area contributed by atoms with E-state index in [1.807, 2.05) is 30.3 Å². The molecule has 3 rings (SSSR count). The number of carbonyl (C=O) groups is 2. The fraction of sp³-hybridized carbons (Fsp3) is 0.368. The third kappa shape index (κ3) is 7.02. The molecule has 1 aromatic heterocycles. The predicted molar refractivity (Wildman–Crippen MR) is 124 cm³/mol. The molecule has 1 fully saturated rings. The first-order chi connectivity index (χ1) is 15.4. The second-order valence-electron chi connectivity index (χ2n) is 6.55. The highest BCUT2D eigenvalue weighted by molar-refractivity contribution is 8.01. The van der Waals surface area contributed by atoms with E-state index >= 15 is 0 Å². The Kier molecular flexibility index (Phi) is 8.61. The van der Waals surface area contributed by atoms with Crippen LogP contribution in [0.5, 0.6) is 0 Å². The fourth-order valence-corrected chi connectivity index (χ4v) is 5.61. The Morgan fingerprint density at radius 2 is 1.91 bits per heavy atom. The molecule has 1 aromatic carbocycles. The van der Waals surface area contributed by atoms with Crippen molar-refractivity contribution in [2.75, 3.05) is 43.9 Å². The summed E-state index contributed by atoms with van der Waals surface area (Å²) in [7, 11) is -3.55. The standard InChI is InChI=1S/C19H23N5O5S3/c1-2-29-18(26)20-17-21-22-19(31-17)30-14-16(25)23-9-11-24(12-10-23)32(27,28)13-8-15-6-4-3-5-7-15/h3-8,13H,2,9-12,14H2,1H3,(H,20,21,26)/b13-8+. The summed E-state index contributed by atoms with van der Waals surface area (Å²) in [6.45, 7) is 3.07. The molecule has 0 atom stereocenters. The average molecular weight is 498 g/mol. The SMILES string of the molecule is CCOC(=O)Nc1nnc(SCC(=O)N2CCN(S(=O)(=O)/C=C/c3ccccc3)CC2)s1. The van der Waals surface area contributed by atoms with Gasteiger partial charge in [-0.3, -0.25) is 10.1 Å². The van der Waals surface area contributed by atoms with Crippen molar-refractivity contribution in [1.29, 1.82) is 0 Å². The number of rotatable bonds is 8. The minimum atomic E-state index is -3.55. The zero-order chi connectivity index (χ0) is 23.0. The van der Waals surface area contributed by atoms with Gasteiger partial charge in [0.2, 0.25) is 21.1 Å². The summed E-state index contributed by atoms with van der Waals surface area (Å²) >= 11 is 2.36. The van der Waals surface area contributed by atoms with Crippen LogP contribution in [0.3, 0.4) is 0 Å². The number of benzene rings is 1. The molecule has 32 heavy (non-hydrogen) atoms. The van der Waals surface area contributed by atoms with E-state index in [2.05, 4.69) is 15.5 Å². The highest BCUT2D eigenvalue weighted by atomic mass is 32.2. The summed E-state index contributed by atoms with van der Waals surface area (Å²) in [5.74, 6) is 0.0382. The van der Waals surface area contributed by atoms with Crippen LogP contribution in [0.15, 0.2) is 40.1 Å². The van der Waals surface area contributed by atoms with E-state index < -0.39 is 16.1 Å². The van der Waals surface area contributed by atoms with Gasteiger partial charge in [-0.1, -0.05) is 53.4 Å². The number of sulfonamides is 1. The first kappa shape index (κ1) is 24.2. The lowest BCUT2D eigenvalue weighted by molar-refractivity contribution is -0.129. The van der Waals surface area contributed by atoms with Gasteiger partial charge < -0.3 is 9.64 Å². The number of hydrogen-bond donors (Lipinski definition) is 1. The molecular weight excluding hydrogens is 474 g/mol. The topological polar surface area (TPSA) is 122 Å². The number of nitrogens with zero attached hydrogens (tertiary/aromatic N) is 4. The molecule has 1 N–H and O–H groups in total. The maximum absolute atomic E-state index is 12.5.